The van der Waals surface area contributed by atoms with Crippen LogP contribution in [-0.2, 0) is 13.2 Å². The molecule has 1 N–H and O–H groups in total. The topological polar surface area (TPSA) is 21.3 Å². The van der Waals surface area contributed by atoms with Crippen LogP contribution in [0.5, 0.6) is 5.75 Å². The first-order valence-electron chi connectivity index (χ1n) is 7.97. The Morgan fingerprint density at radius 1 is 0.741 bits per heavy atom. The summed E-state index contributed by atoms with van der Waals surface area (Å²) in [6, 6.07) is 16.3. The lowest BCUT2D eigenvalue weighted by atomic mass is 10.2. The van der Waals surface area contributed by atoms with Crippen molar-refractivity contribution in [3.63, 3.8) is 0 Å². The highest BCUT2D eigenvalue weighted by atomic mass is 35.5. The lowest BCUT2D eigenvalue weighted by molar-refractivity contribution is 0.306. The minimum absolute atomic E-state index is 0.275. The zero-order valence-corrected chi connectivity index (χ0v) is 17.7. The van der Waals surface area contributed by atoms with Gasteiger partial charge in [-0.2, -0.15) is 0 Å². The van der Waals surface area contributed by atoms with Gasteiger partial charge >= 0.3 is 0 Å². The van der Waals surface area contributed by atoms with Gasteiger partial charge in [-0.1, -0.05) is 76.2 Å². The molecule has 0 radical (unpaired) electrons. The number of halogens is 5. The van der Waals surface area contributed by atoms with Gasteiger partial charge in [0.1, 0.15) is 6.61 Å². The Hall–Kier alpha value is -1.29. The molecular weight excluding hydrogens is 447 g/mol. The average molecular weight is 462 g/mol. The first-order chi connectivity index (χ1) is 12.9. The van der Waals surface area contributed by atoms with E-state index in [-0.39, 0.29) is 6.61 Å². The lowest BCUT2D eigenvalue weighted by Crippen LogP contribution is -2.02. The summed E-state index contributed by atoms with van der Waals surface area (Å²) in [5.41, 5.74) is 2.52. The van der Waals surface area contributed by atoms with Crippen LogP contribution in [0, 0.1) is 0 Å². The molecule has 0 unspecified atom stereocenters. The summed E-state index contributed by atoms with van der Waals surface area (Å²) in [5, 5.41) is 5.83. The predicted octanol–water partition coefficient (Wildman–Crippen LogP) is 8.14. The number of hydrogen-bond acceptors (Lipinski definition) is 2. The van der Waals surface area contributed by atoms with Crippen molar-refractivity contribution in [2.45, 2.75) is 13.2 Å². The molecule has 0 aliphatic rings. The summed E-state index contributed by atoms with van der Waals surface area (Å²) in [5.74, 6) is 0.423. The van der Waals surface area contributed by atoms with Crippen molar-refractivity contribution in [2.24, 2.45) is 0 Å². The molecule has 3 rings (SSSR count). The number of rotatable bonds is 6. The molecule has 0 bridgehead atoms. The maximum atomic E-state index is 6.36. The van der Waals surface area contributed by atoms with Crippen LogP contribution in [0.15, 0.2) is 54.6 Å². The fraction of sp³-hybridized carbons (Fsp3) is 0.100. The van der Waals surface area contributed by atoms with Crippen LogP contribution in [0.2, 0.25) is 25.1 Å². The van der Waals surface area contributed by atoms with E-state index >= 15 is 0 Å². The second-order valence-corrected chi connectivity index (χ2v) is 7.81. The van der Waals surface area contributed by atoms with E-state index < -0.39 is 0 Å². The van der Waals surface area contributed by atoms with Crippen LogP contribution in [-0.4, -0.2) is 0 Å². The van der Waals surface area contributed by atoms with Gasteiger partial charge in [-0.05, 0) is 42.0 Å². The molecule has 3 aromatic carbocycles. The zero-order valence-electron chi connectivity index (χ0n) is 13.9. The Bertz CT molecular complexity index is 938. The lowest BCUT2D eigenvalue weighted by Gasteiger charge is -2.14. The highest BCUT2D eigenvalue weighted by Gasteiger charge is 2.11. The molecule has 0 fully saturated rings. The third kappa shape index (κ3) is 5.37. The van der Waals surface area contributed by atoms with Crippen molar-refractivity contribution in [1.82, 2.24) is 0 Å². The van der Waals surface area contributed by atoms with Crippen LogP contribution in [0.1, 0.15) is 11.1 Å². The summed E-state index contributed by atoms with van der Waals surface area (Å²) in [6.07, 6.45) is 0. The van der Waals surface area contributed by atoms with Gasteiger partial charge in [-0.25, -0.2) is 0 Å². The third-order valence-electron chi connectivity index (χ3n) is 3.80. The molecule has 3 aromatic rings. The molecule has 0 saturated carbocycles. The van der Waals surface area contributed by atoms with E-state index in [0.717, 1.165) is 16.8 Å². The monoisotopic (exact) mass is 459 g/mol. The molecule has 0 aromatic heterocycles. The molecule has 0 heterocycles. The fourth-order valence-electron chi connectivity index (χ4n) is 2.45. The van der Waals surface area contributed by atoms with E-state index in [1.807, 2.05) is 24.3 Å². The smallest absolute Gasteiger partial charge is 0.156 e. The second kappa shape index (κ2) is 9.27. The average Bonchev–Trinajstić information content (AvgIpc) is 2.61. The first kappa shape index (κ1) is 20.4. The molecular formula is C20H14Cl5NO. The summed E-state index contributed by atoms with van der Waals surface area (Å²) in [6.45, 7) is 0.767. The van der Waals surface area contributed by atoms with Crippen molar-refractivity contribution in [3.05, 3.63) is 90.8 Å². The van der Waals surface area contributed by atoms with Crippen molar-refractivity contribution in [3.8, 4) is 5.75 Å². The van der Waals surface area contributed by atoms with Gasteiger partial charge in [-0.15, -0.1) is 0 Å². The van der Waals surface area contributed by atoms with Gasteiger partial charge in [-0.3, -0.25) is 0 Å². The standard InChI is InChI=1S/C20H14Cl5NO/c21-14-5-6-19(16(23)9-14)26-10-12-7-17(24)20(18(25)8-12)27-11-13-3-1-2-4-15(13)22/h1-9,26H,10-11H2. The highest BCUT2D eigenvalue weighted by Crippen LogP contribution is 2.35. The van der Waals surface area contributed by atoms with Crippen LogP contribution in [0.4, 0.5) is 5.69 Å². The van der Waals surface area contributed by atoms with Crippen LogP contribution in [0.25, 0.3) is 0 Å². The van der Waals surface area contributed by atoms with Gasteiger partial charge in [0.25, 0.3) is 0 Å². The number of ether oxygens (including phenoxy) is 1. The Balaban J connectivity index is 1.70. The third-order valence-corrected chi connectivity index (χ3v) is 5.28. The Morgan fingerprint density at radius 3 is 2.11 bits per heavy atom. The van der Waals surface area contributed by atoms with Gasteiger partial charge in [0.15, 0.2) is 5.75 Å². The zero-order chi connectivity index (χ0) is 19.4. The SMILES string of the molecule is Clc1ccc(NCc2cc(Cl)c(OCc3ccccc3Cl)c(Cl)c2)c(Cl)c1. The van der Waals surface area contributed by atoms with E-state index in [4.69, 9.17) is 62.7 Å². The van der Waals surface area contributed by atoms with Gasteiger partial charge < -0.3 is 10.1 Å². The minimum atomic E-state index is 0.275. The van der Waals surface area contributed by atoms with E-state index in [0.29, 0.717) is 37.4 Å². The molecule has 0 saturated heterocycles. The molecule has 0 atom stereocenters. The molecule has 0 amide bonds. The summed E-state index contributed by atoms with van der Waals surface area (Å²) < 4.78 is 5.78. The maximum Gasteiger partial charge on any atom is 0.156 e. The van der Waals surface area contributed by atoms with E-state index in [2.05, 4.69) is 5.32 Å². The van der Waals surface area contributed by atoms with Gasteiger partial charge in [0.05, 0.1) is 20.8 Å². The van der Waals surface area contributed by atoms with Gasteiger partial charge in [0.2, 0.25) is 0 Å². The molecule has 2 nitrogen and oxygen atoms in total. The first-order valence-corrected chi connectivity index (χ1v) is 9.86. The Labute approximate surface area is 182 Å². The van der Waals surface area contributed by atoms with E-state index in [1.165, 1.54) is 0 Å². The Kier molecular flexibility index (Phi) is 7.02. The molecule has 27 heavy (non-hydrogen) atoms. The minimum Gasteiger partial charge on any atom is -0.486 e. The maximum absolute atomic E-state index is 6.36. The van der Waals surface area contributed by atoms with Crippen molar-refractivity contribution in [1.29, 1.82) is 0 Å². The summed E-state index contributed by atoms with van der Waals surface area (Å²) in [4.78, 5) is 0. The molecule has 140 valence electrons. The van der Waals surface area contributed by atoms with Crippen LogP contribution in [0.3, 0.4) is 0 Å². The normalized spacial score (nSPS) is 10.7. The molecule has 7 heteroatoms. The summed E-state index contributed by atoms with van der Waals surface area (Å²) in [7, 11) is 0. The van der Waals surface area contributed by atoms with Crippen LogP contribution >= 0.6 is 58.0 Å². The Morgan fingerprint density at radius 2 is 1.44 bits per heavy atom. The second-order valence-electron chi connectivity index (χ2n) is 5.75. The van der Waals surface area contributed by atoms with Crippen molar-refractivity contribution < 1.29 is 4.74 Å². The predicted molar refractivity (Wildman–Crippen MR) is 116 cm³/mol. The summed E-state index contributed by atoms with van der Waals surface area (Å²) >= 11 is 30.9. The van der Waals surface area contributed by atoms with Crippen LogP contribution < -0.4 is 10.1 Å². The van der Waals surface area contributed by atoms with Gasteiger partial charge in [0, 0.05) is 22.2 Å². The van der Waals surface area contributed by atoms with Crippen molar-refractivity contribution >= 4 is 63.7 Å². The van der Waals surface area contributed by atoms with Crippen molar-refractivity contribution in [2.75, 3.05) is 5.32 Å². The number of hydrogen-bond donors (Lipinski definition) is 1. The van der Waals surface area contributed by atoms with E-state index in [1.54, 1.807) is 30.3 Å². The largest absolute Gasteiger partial charge is 0.486 e. The number of nitrogens with one attached hydrogen (secondary N) is 1. The van der Waals surface area contributed by atoms with E-state index in [9.17, 15) is 0 Å². The fourth-order valence-corrected chi connectivity index (χ4v) is 3.75. The molecule has 0 spiro atoms. The molecule has 0 aliphatic carbocycles. The number of anilines is 1. The quantitative estimate of drug-likeness (QED) is 0.400. The molecule has 0 aliphatic heterocycles. The highest BCUT2D eigenvalue weighted by molar-refractivity contribution is 6.37. The number of benzene rings is 3.